The van der Waals surface area contributed by atoms with E-state index in [9.17, 15) is 0 Å². The number of benzene rings is 1. The first-order chi connectivity index (χ1) is 6.72. The highest BCUT2D eigenvalue weighted by Gasteiger charge is 2.07. The van der Waals surface area contributed by atoms with E-state index in [1.807, 2.05) is 18.2 Å². The largest absolute Gasteiger partial charge is 0.192 e. The molecule has 1 rings (SSSR count). The number of allylic oxidation sites excluding steroid dienone is 1. The molecular formula is C13H14N. The van der Waals surface area contributed by atoms with Gasteiger partial charge in [-0.25, -0.2) is 0 Å². The van der Waals surface area contributed by atoms with E-state index in [4.69, 9.17) is 5.26 Å². The molecule has 0 aliphatic rings. The third-order valence-corrected chi connectivity index (χ3v) is 2.34. The smallest absolute Gasteiger partial charge is 0.0991 e. The van der Waals surface area contributed by atoms with E-state index in [2.05, 4.69) is 26.5 Å². The van der Waals surface area contributed by atoms with Gasteiger partial charge in [0.25, 0.3) is 0 Å². The van der Waals surface area contributed by atoms with Crippen molar-refractivity contribution in [3.8, 4) is 6.07 Å². The first kappa shape index (κ1) is 10.5. The van der Waals surface area contributed by atoms with Gasteiger partial charge < -0.3 is 0 Å². The van der Waals surface area contributed by atoms with E-state index >= 15 is 0 Å². The number of rotatable bonds is 3. The Morgan fingerprint density at radius 3 is 2.79 bits per heavy atom. The summed E-state index contributed by atoms with van der Waals surface area (Å²) in [5.41, 5.74) is 3.04. The number of nitriles is 1. The van der Waals surface area contributed by atoms with E-state index < -0.39 is 0 Å². The Morgan fingerprint density at radius 1 is 1.57 bits per heavy atom. The summed E-state index contributed by atoms with van der Waals surface area (Å²) in [7, 11) is 0. The molecule has 1 unspecified atom stereocenters. The molecule has 1 radical (unpaired) electrons. The van der Waals surface area contributed by atoms with Gasteiger partial charge in [0.2, 0.25) is 0 Å². The van der Waals surface area contributed by atoms with Crippen LogP contribution in [0, 0.1) is 18.3 Å². The quantitative estimate of drug-likeness (QED) is 0.662. The van der Waals surface area contributed by atoms with E-state index in [-0.39, 0.29) is 5.92 Å². The fourth-order valence-electron chi connectivity index (χ4n) is 1.46. The molecule has 0 amide bonds. The first-order valence-corrected chi connectivity index (χ1v) is 4.71. The molecule has 1 atom stereocenters. The van der Waals surface area contributed by atoms with Crippen molar-refractivity contribution in [3.63, 3.8) is 0 Å². The van der Waals surface area contributed by atoms with Crippen LogP contribution in [-0.4, -0.2) is 0 Å². The second-order valence-electron chi connectivity index (χ2n) is 3.22. The molecule has 0 aliphatic carbocycles. The highest BCUT2D eigenvalue weighted by Crippen LogP contribution is 2.22. The monoisotopic (exact) mass is 184 g/mol. The molecule has 0 saturated carbocycles. The van der Waals surface area contributed by atoms with Crippen molar-refractivity contribution in [2.45, 2.75) is 19.3 Å². The molecule has 1 nitrogen and oxygen atoms in total. The van der Waals surface area contributed by atoms with E-state index in [0.29, 0.717) is 5.56 Å². The molecular weight excluding hydrogens is 170 g/mol. The number of hydrogen-bond donors (Lipinski definition) is 0. The topological polar surface area (TPSA) is 23.8 Å². The Bertz CT molecular complexity index is 371. The number of hydrogen-bond acceptors (Lipinski definition) is 1. The SMILES string of the molecule is [CH2]C(C=C)c1cc(C#N)ccc1CC. The van der Waals surface area contributed by atoms with Crippen LogP contribution in [0.5, 0.6) is 0 Å². The maximum atomic E-state index is 8.78. The first-order valence-electron chi connectivity index (χ1n) is 4.71. The Morgan fingerprint density at radius 2 is 2.29 bits per heavy atom. The highest BCUT2D eigenvalue weighted by molar-refractivity contribution is 5.41. The fourth-order valence-corrected chi connectivity index (χ4v) is 1.46. The van der Waals surface area contributed by atoms with Crippen LogP contribution in [0.3, 0.4) is 0 Å². The third kappa shape index (κ3) is 2.03. The summed E-state index contributed by atoms with van der Waals surface area (Å²) < 4.78 is 0. The van der Waals surface area contributed by atoms with Crippen LogP contribution in [0.4, 0.5) is 0 Å². The van der Waals surface area contributed by atoms with E-state index in [1.54, 1.807) is 6.08 Å². The highest BCUT2D eigenvalue weighted by atomic mass is 14.2. The minimum absolute atomic E-state index is 0.0678. The van der Waals surface area contributed by atoms with Crippen molar-refractivity contribution >= 4 is 0 Å². The van der Waals surface area contributed by atoms with Crippen molar-refractivity contribution in [3.05, 3.63) is 54.5 Å². The van der Waals surface area contributed by atoms with Gasteiger partial charge in [-0.1, -0.05) is 19.1 Å². The van der Waals surface area contributed by atoms with Gasteiger partial charge in [0.1, 0.15) is 0 Å². The summed E-state index contributed by atoms with van der Waals surface area (Å²) in [6.07, 6.45) is 2.76. The third-order valence-electron chi connectivity index (χ3n) is 2.34. The van der Waals surface area contributed by atoms with Crippen molar-refractivity contribution in [2.24, 2.45) is 0 Å². The summed E-state index contributed by atoms with van der Waals surface area (Å²) in [4.78, 5) is 0. The van der Waals surface area contributed by atoms with Crippen LogP contribution in [0.15, 0.2) is 30.9 Å². The maximum absolute atomic E-state index is 8.78. The molecule has 0 aliphatic heterocycles. The maximum Gasteiger partial charge on any atom is 0.0991 e. The van der Waals surface area contributed by atoms with E-state index in [0.717, 1.165) is 12.0 Å². The zero-order valence-electron chi connectivity index (χ0n) is 8.46. The average molecular weight is 184 g/mol. The van der Waals surface area contributed by atoms with Gasteiger partial charge in [-0.3, -0.25) is 0 Å². The minimum Gasteiger partial charge on any atom is -0.192 e. The van der Waals surface area contributed by atoms with Gasteiger partial charge in [-0.2, -0.15) is 5.26 Å². The summed E-state index contributed by atoms with van der Waals surface area (Å²) >= 11 is 0. The van der Waals surface area contributed by atoms with Gasteiger partial charge in [0.05, 0.1) is 11.6 Å². The average Bonchev–Trinajstić information content (AvgIpc) is 2.27. The lowest BCUT2D eigenvalue weighted by atomic mass is 9.93. The van der Waals surface area contributed by atoms with Crippen LogP contribution in [-0.2, 0) is 6.42 Å². The summed E-state index contributed by atoms with van der Waals surface area (Å²) in [6, 6.07) is 7.88. The lowest BCUT2D eigenvalue weighted by molar-refractivity contribution is 1.00. The standard InChI is InChI=1S/C13H14N/c1-4-10(3)13-8-11(9-14)6-7-12(13)5-2/h4,6-8,10H,1,3,5H2,2H3. The van der Waals surface area contributed by atoms with Crippen LogP contribution in [0.2, 0.25) is 0 Å². The molecule has 0 heterocycles. The molecule has 0 spiro atoms. The van der Waals surface area contributed by atoms with Crippen LogP contribution >= 0.6 is 0 Å². The predicted octanol–water partition coefficient (Wildman–Crippen LogP) is 3.22. The summed E-state index contributed by atoms with van der Waals surface area (Å²) in [6.45, 7) is 9.80. The second-order valence-corrected chi connectivity index (χ2v) is 3.22. The molecule has 14 heavy (non-hydrogen) atoms. The molecule has 1 aromatic rings. The second kappa shape index (κ2) is 4.62. The van der Waals surface area contributed by atoms with Crippen molar-refractivity contribution in [1.82, 2.24) is 0 Å². The normalized spacial score (nSPS) is 11.8. The van der Waals surface area contributed by atoms with Crippen LogP contribution in [0.25, 0.3) is 0 Å². The predicted molar refractivity (Wildman–Crippen MR) is 58.8 cm³/mol. The summed E-state index contributed by atoms with van der Waals surface area (Å²) in [5, 5.41) is 8.78. The lowest BCUT2D eigenvalue weighted by Gasteiger charge is -2.11. The molecule has 1 aromatic carbocycles. The minimum atomic E-state index is 0.0678. The molecule has 0 bridgehead atoms. The Kier molecular flexibility index (Phi) is 3.48. The number of nitrogens with zero attached hydrogens (tertiary/aromatic N) is 1. The zero-order valence-corrected chi connectivity index (χ0v) is 8.46. The van der Waals surface area contributed by atoms with Crippen molar-refractivity contribution in [1.29, 1.82) is 5.26 Å². The van der Waals surface area contributed by atoms with Gasteiger partial charge >= 0.3 is 0 Å². The van der Waals surface area contributed by atoms with Crippen LogP contribution < -0.4 is 0 Å². The molecule has 1 heteroatoms. The van der Waals surface area contributed by atoms with Gasteiger partial charge in [-0.05, 0) is 36.6 Å². The Hall–Kier alpha value is -1.55. The zero-order chi connectivity index (χ0) is 10.6. The van der Waals surface area contributed by atoms with Crippen molar-refractivity contribution < 1.29 is 0 Å². The van der Waals surface area contributed by atoms with Crippen LogP contribution in [0.1, 0.15) is 29.5 Å². The van der Waals surface area contributed by atoms with Gasteiger partial charge in [-0.15, -0.1) is 6.58 Å². The lowest BCUT2D eigenvalue weighted by Crippen LogP contribution is -1.97. The fraction of sp³-hybridized carbons (Fsp3) is 0.231. The van der Waals surface area contributed by atoms with E-state index in [1.165, 1.54) is 5.56 Å². The summed E-state index contributed by atoms with van der Waals surface area (Å²) in [5.74, 6) is 0.0678. The van der Waals surface area contributed by atoms with Crippen molar-refractivity contribution in [2.75, 3.05) is 0 Å². The Balaban J connectivity index is 3.22. The number of aryl methyl sites for hydroxylation is 1. The molecule has 71 valence electrons. The molecule has 0 N–H and O–H groups in total. The molecule has 0 fully saturated rings. The van der Waals surface area contributed by atoms with Gasteiger partial charge in [0.15, 0.2) is 0 Å². The Labute approximate surface area is 85.7 Å². The molecule has 0 aromatic heterocycles. The molecule has 0 saturated heterocycles. The van der Waals surface area contributed by atoms with Gasteiger partial charge in [0, 0.05) is 5.92 Å².